The van der Waals surface area contributed by atoms with Gasteiger partial charge in [-0.05, 0) is 90.8 Å². The summed E-state index contributed by atoms with van der Waals surface area (Å²) >= 11 is 0. The summed E-state index contributed by atoms with van der Waals surface area (Å²) in [6, 6.07) is 62.5. The molecular weight excluding hydrogens is 679 g/mol. The van der Waals surface area contributed by atoms with Gasteiger partial charge in [-0.1, -0.05) is 146 Å². The summed E-state index contributed by atoms with van der Waals surface area (Å²) in [5.74, 6) is 0.908. The number of nitrogens with zero attached hydrogens (tertiary/aromatic N) is 3. The number of fused-ring (bicyclic) bond motifs is 16. The molecule has 3 nitrogen and oxygen atoms in total. The second-order valence-corrected chi connectivity index (χ2v) is 15.7. The fourth-order valence-electron chi connectivity index (χ4n) is 10.4. The van der Waals surface area contributed by atoms with Gasteiger partial charge in [-0.3, -0.25) is 0 Å². The first-order valence-electron chi connectivity index (χ1n) is 19.6. The van der Waals surface area contributed by atoms with Crippen molar-refractivity contribution in [3.63, 3.8) is 0 Å². The van der Waals surface area contributed by atoms with E-state index in [2.05, 4.69) is 181 Å². The van der Waals surface area contributed by atoms with Gasteiger partial charge in [0, 0.05) is 38.4 Å². The van der Waals surface area contributed by atoms with Crippen LogP contribution in [0.25, 0.3) is 104 Å². The molecule has 0 N–H and O–H groups in total. The molecule has 0 bridgehead atoms. The molecule has 0 saturated heterocycles. The molecule has 9 aromatic carbocycles. The molecule has 0 aliphatic heterocycles. The molecule has 12 aromatic rings. The zero-order valence-corrected chi connectivity index (χ0v) is 30.7. The molecule has 0 saturated carbocycles. The third-order valence-corrected chi connectivity index (χ3v) is 12.9. The number of rotatable bonds is 2. The first-order valence-corrected chi connectivity index (χ1v) is 19.6. The predicted molar refractivity (Wildman–Crippen MR) is 234 cm³/mol. The summed E-state index contributed by atoms with van der Waals surface area (Å²) in [7, 11) is 0. The van der Waals surface area contributed by atoms with Crippen LogP contribution in [0.2, 0.25) is 0 Å². The van der Waals surface area contributed by atoms with Crippen LogP contribution in [0.15, 0.2) is 170 Å². The molecule has 3 heteroatoms. The highest BCUT2D eigenvalue weighted by Gasteiger charge is 2.37. The van der Waals surface area contributed by atoms with Crippen LogP contribution in [0, 0.1) is 0 Å². The summed E-state index contributed by atoms with van der Waals surface area (Å²) in [5, 5.41) is 13.8. The van der Waals surface area contributed by atoms with E-state index in [1.165, 1.54) is 92.7 Å². The summed E-state index contributed by atoms with van der Waals surface area (Å²) in [6.45, 7) is 2.40. The topological polar surface area (TPSA) is 30.2 Å². The van der Waals surface area contributed by atoms with E-state index in [1.807, 2.05) is 0 Å². The normalized spacial score (nSPS) is 15.6. The summed E-state index contributed by atoms with van der Waals surface area (Å²) in [5.41, 5.74) is 12.2. The molecule has 0 radical (unpaired) electrons. The molecule has 1 aliphatic rings. The van der Waals surface area contributed by atoms with Gasteiger partial charge in [0.15, 0.2) is 5.82 Å². The van der Waals surface area contributed by atoms with Crippen molar-refractivity contribution in [3.05, 3.63) is 187 Å². The van der Waals surface area contributed by atoms with Crippen LogP contribution in [0.3, 0.4) is 0 Å². The standard InChI is InChI=1S/C53H33N3/c1-30-35-14-6-7-18-39(35)48-43(29-42-38-17-9-11-21-45(38)56-46-27-26-32-13-3-5-16-37(32)49(46)50(48)52(42)56)47(30)51-40-19-8-10-20-44(40)54-53(55-51)34-25-24-33-23-22-31-12-2-4-15-36(31)41(33)28-34/h2-30,47H,1H3. The zero-order chi connectivity index (χ0) is 36.6. The second kappa shape index (κ2) is 11.0. The maximum Gasteiger partial charge on any atom is 0.160 e. The second-order valence-electron chi connectivity index (χ2n) is 15.7. The lowest BCUT2D eigenvalue weighted by molar-refractivity contribution is 0.639. The number of aromatic nitrogens is 3. The number of benzene rings is 9. The van der Waals surface area contributed by atoms with Gasteiger partial charge < -0.3 is 4.40 Å². The monoisotopic (exact) mass is 711 g/mol. The molecule has 260 valence electrons. The van der Waals surface area contributed by atoms with Gasteiger partial charge in [-0.25, -0.2) is 9.97 Å². The van der Waals surface area contributed by atoms with Crippen LogP contribution in [0.4, 0.5) is 0 Å². The predicted octanol–water partition coefficient (Wildman–Crippen LogP) is 13.8. The minimum absolute atomic E-state index is 0.0189. The van der Waals surface area contributed by atoms with Crippen molar-refractivity contribution in [1.29, 1.82) is 0 Å². The molecule has 0 amide bonds. The van der Waals surface area contributed by atoms with Crippen LogP contribution in [-0.4, -0.2) is 14.4 Å². The van der Waals surface area contributed by atoms with Crippen molar-refractivity contribution in [2.45, 2.75) is 18.8 Å². The van der Waals surface area contributed by atoms with Crippen LogP contribution >= 0.6 is 0 Å². The SMILES string of the molecule is CC1c2ccccc2-c2c(cc3c4ccccc4n4c5ccc6ccccc6c5c2c34)C1c1nc(-c2ccc3ccc4ccccc4c3c2)nc2ccccc12. The fourth-order valence-corrected chi connectivity index (χ4v) is 10.4. The Labute approximate surface area is 322 Å². The van der Waals surface area contributed by atoms with E-state index in [9.17, 15) is 0 Å². The number of hydrogen-bond acceptors (Lipinski definition) is 2. The van der Waals surface area contributed by atoms with Crippen molar-refractivity contribution in [2.24, 2.45) is 0 Å². The van der Waals surface area contributed by atoms with Gasteiger partial charge in [0.1, 0.15) is 0 Å². The highest BCUT2D eigenvalue weighted by molar-refractivity contribution is 6.32. The van der Waals surface area contributed by atoms with E-state index >= 15 is 0 Å². The quantitative estimate of drug-likeness (QED) is 0.167. The molecule has 0 fully saturated rings. The minimum Gasteiger partial charge on any atom is -0.308 e. The maximum absolute atomic E-state index is 5.68. The van der Waals surface area contributed by atoms with Gasteiger partial charge in [0.05, 0.1) is 27.8 Å². The molecule has 3 aromatic heterocycles. The summed E-state index contributed by atoms with van der Waals surface area (Å²) in [4.78, 5) is 11.0. The minimum atomic E-state index is -0.0189. The summed E-state index contributed by atoms with van der Waals surface area (Å²) in [6.07, 6.45) is 0. The fraction of sp³-hybridized carbons (Fsp3) is 0.0566. The molecule has 1 aliphatic carbocycles. The van der Waals surface area contributed by atoms with Crippen LogP contribution in [0.5, 0.6) is 0 Å². The van der Waals surface area contributed by atoms with Gasteiger partial charge in [0.25, 0.3) is 0 Å². The Morgan fingerprint density at radius 3 is 2.00 bits per heavy atom. The van der Waals surface area contributed by atoms with Gasteiger partial charge in [-0.15, -0.1) is 0 Å². The Morgan fingerprint density at radius 2 is 1.12 bits per heavy atom. The Hall–Kier alpha value is -7.10. The van der Waals surface area contributed by atoms with E-state index in [0.717, 1.165) is 28.0 Å². The van der Waals surface area contributed by atoms with Crippen molar-refractivity contribution in [2.75, 3.05) is 0 Å². The highest BCUT2D eigenvalue weighted by atomic mass is 14.9. The number of hydrogen-bond donors (Lipinski definition) is 0. The number of para-hydroxylation sites is 2. The lowest BCUT2D eigenvalue weighted by Crippen LogP contribution is -2.19. The van der Waals surface area contributed by atoms with Crippen molar-refractivity contribution in [3.8, 4) is 22.5 Å². The smallest absolute Gasteiger partial charge is 0.160 e. The van der Waals surface area contributed by atoms with E-state index in [0.29, 0.717) is 0 Å². The van der Waals surface area contributed by atoms with Crippen molar-refractivity contribution in [1.82, 2.24) is 14.4 Å². The molecule has 3 heterocycles. The molecule has 56 heavy (non-hydrogen) atoms. The van der Waals surface area contributed by atoms with E-state index in [4.69, 9.17) is 9.97 Å². The van der Waals surface area contributed by atoms with Crippen LogP contribution in [0.1, 0.15) is 35.6 Å². The maximum atomic E-state index is 5.68. The van der Waals surface area contributed by atoms with E-state index in [1.54, 1.807) is 0 Å². The summed E-state index contributed by atoms with van der Waals surface area (Å²) < 4.78 is 2.53. The van der Waals surface area contributed by atoms with Crippen molar-refractivity contribution < 1.29 is 0 Å². The molecule has 2 unspecified atom stereocenters. The molecule has 13 rings (SSSR count). The average Bonchev–Trinajstić information content (AvgIpc) is 3.78. The highest BCUT2D eigenvalue weighted by Crippen LogP contribution is 2.56. The Morgan fingerprint density at radius 1 is 0.464 bits per heavy atom. The average molecular weight is 712 g/mol. The first kappa shape index (κ1) is 30.3. The Balaban J connectivity index is 1.17. The van der Waals surface area contributed by atoms with E-state index in [-0.39, 0.29) is 11.8 Å². The lowest BCUT2D eigenvalue weighted by Gasteiger charge is -2.34. The van der Waals surface area contributed by atoms with Gasteiger partial charge in [-0.2, -0.15) is 0 Å². The Kier molecular flexibility index (Phi) is 5.94. The first-order chi connectivity index (χ1) is 27.7. The lowest BCUT2D eigenvalue weighted by atomic mass is 9.69. The largest absolute Gasteiger partial charge is 0.308 e. The third-order valence-electron chi connectivity index (χ3n) is 12.9. The zero-order valence-electron chi connectivity index (χ0n) is 30.7. The molecule has 0 spiro atoms. The van der Waals surface area contributed by atoms with Gasteiger partial charge >= 0.3 is 0 Å². The van der Waals surface area contributed by atoms with Crippen LogP contribution in [-0.2, 0) is 0 Å². The van der Waals surface area contributed by atoms with Gasteiger partial charge in [0.2, 0.25) is 0 Å². The Bertz CT molecular complexity index is 3630. The third kappa shape index (κ3) is 3.91. The van der Waals surface area contributed by atoms with Crippen molar-refractivity contribution >= 4 is 81.3 Å². The van der Waals surface area contributed by atoms with E-state index < -0.39 is 0 Å². The molecular formula is C53H33N3. The van der Waals surface area contributed by atoms with Crippen LogP contribution < -0.4 is 0 Å². The molecule has 2 atom stereocenters.